The van der Waals surface area contributed by atoms with E-state index in [1.807, 2.05) is 4.90 Å². The Bertz CT molecular complexity index is 594. The topological polar surface area (TPSA) is 63.4 Å². The Balaban J connectivity index is 1.92. The molecule has 1 aromatic rings. The molecule has 1 unspecified atom stereocenters. The predicted octanol–water partition coefficient (Wildman–Crippen LogP) is 2.32. The van der Waals surface area contributed by atoms with E-state index in [1.165, 1.54) is 30.8 Å². The average Bonchev–Trinajstić information content (AvgIpc) is 2.88. The van der Waals surface area contributed by atoms with Crippen LogP contribution in [0.25, 0.3) is 0 Å². The molecule has 2 N–H and O–H groups in total. The van der Waals surface area contributed by atoms with Crippen molar-refractivity contribution in [3.05, 3.63) is 29.6 Å². The Hall–Kier alpha value is -1.40. The first-order chi connectivity index (χ1) is 10.3. The van der Waals surface area contributed by atoms with E-state index in [0.29, 0.717) is 18.0 Å². The van der Waals surface area contributed by atoms with Crippen molar-refractivity contribution in [2.45, 2.75) is 25.2 Å². The maximum Gasteiger partial charge on any atom is 0.232 e. The van der Waals surface area contributed by atoms with Crippen LogP contribution in [0.5, 0.6) is 0 Å². The molecule has 0 spiro atoms. The molecule has 2 rings (SSSR count). The van der Waals surface area contributed by atoms with Crippen molar-refractivity contribution in [3.8, 4) is 0 Å². The number of likely N-dealkylation sites (tertiary alicyclic amines) is 1. The third-order valence-corrected chi connectivity index (χ3v) is 5.06. The van der Waals surface area contributed by atoms with Gasteiger partial charge in [0.1, 0.15) is 5.82 Å². The zero-order valence-corrected chi connectivity index (χ0v) is 13.7. The number of ketones is 1. The fourth-order valence-corrected chi connectivity index (χ4v) is 3.33. The molecule has 1 aliphatic rings. The summed E-state index contributed by atoms with van der Waals surface area (Å²) in [5.41, 5.74) is 5.83. The van der Waals surface area contributed by atoms with E-state index in [-0.39, 0.29) is 28.4 Å². The van der Waals surface area contributed by atoms with Crippen LogP contribution in [0.2, 0.25) is 0 Å². The maximum atomic E-state index is 13.7. The Labute approximate surface area is 134 Å². The second-order valence-electron chi connectivity index (χ2n) is 6.07. The average molecular weight is 324 g/mol. The minimum atomic E-state index is -0.540. The van der Waals surface area contributed by atoms with Gasteiger partial charge < -0.3 is 10.6 Å². The van der Waals surface area contributed by atoms with Gasteiger partial charge in [-0.05, 0) is 43.5 Å². The normalized spacial score (nSPS) is 21.2. The van der Waals surface area contributed by atoms with Gasteiger partial charge in [-0.1, -0.05) is 6.92 Å². The van der Waals surface area contributed by atoms with Crippen LogP contribution in [0.1, 0.15) is 30.6 Å². The zero-order valence-electron chi connectivity index (χ0n) is 12.9. The second kappa shape index (κ2) is 6.79. The lowest BCUT2D eigenvalue weighted by atomic mass is 9.90. The number of Topliss-reactive ketones (excluding diaryl/α,β-unsaturated/α-hetero) is 1. The van der Waals surface area contributed by atoms with E-state index in [2.05, 4.69) is 6.92 Å². The van der Waals surface area contributed by atoms with Crippen molar-refractivity contribution in [1.82, 2.24) is 4.90 Å². The first-order valence-corrected chi connectivity index (χ1v) is 8.24. The van der Waals surface area contributed by atoms with Gasteiger partial charge in [0, 0.05) is 18.0 Å². The van der Waals surface area contributed by atoms with Crippen molar-refractivity contribution in [3.63, 3.8) is 0 Å². The number of halogens is 1. The summed E-state index contributed by atoms with van der Waals surface area (Å²) >= 11 is 1.28. The molecule has 1 fully saturated rings. The molecule has 4 nitrogen and oxygen atoms in total. The molecule has 1 atom stereocenters. The van der Waals surface area contributed by atoms with Crippen LogP contribution in [0, 0.1) is 11.2 Å². The molecular formula is C16H21FN2O2S. The summed E-state index contributed by atoms with van der Waals surface area (Å²) in [5.74, 6) is -0.539. The van der Waals surface area contributed by atoms with Gasteiger partial charge in [0.25, 0.3) is 0 Å². The molecular weight excluding hydrogens is 303 g/mol. The van der Waals surface area contributed by atoms with E-state index in [4.69, 9.17) is 5.73 Å². The Morgan fingerprint density at radius 2 is 2.18 bits per heavy atom. The summed E-state index contributed by atoms with van der Waals surface area (Å²) in [6, 6.07) is 4.44. The summed E-state index contributed by atoms with van der Waals surface area (Å²) in [4.78, 5) is 25.9. The molecule has 0 radical (unpaired) electrons. The highest BCUT2D eigenvalue weighted by Gasteiger charge is 2.34. The molecule has 1 saturated heterocycles. The first-order valence-electron chi connectivity index (χ1n) is 7.26. The van der Waals surface area contributed by atoms with Gasteiger partial charge in [0.2, 0.25) is 5.91 Å². The number of thioether (sulfide) groups is 1. The third kappa shape index (κ3) is 3.87. The number of nitrogens with zero attached hydrogens (tertiary/aromatic N) is 1. The highest BCUT2D eigenvalue weighted by atomic mass is 32.2. The van der Waals surface area contributed by atoms with Crippen LogP contribution >= 0.6 is 11.8 Å². The lowest BCUT2D eigenvalue weighted by molar-refractivity contribution is -0.127. The number of rotatable bonds is 5. The van der Waals surface area contributed by atoms with E-state index >= 15 is 0 Å². The summed E-state index contributed by atoms with van der Waals surface area (Å²) < 4.78 is 13.7. The summed E-state index contributed by atoms with van der Waals surface area (Å²) in [6.07, 6.45) is 0.918. The van der Waals surface area contributed by atoms with Gasteiger partial charge >= 0.3 is 0 Å². The Kier molecular flexibility index (Phi) is 5.24. The first kappa shape index (κ1) is 17.0. The third-order valence-electron chi connectivity index (χ3n) is 4.09. The zero-order chi connectivity index (χ0) is 16.3. The van der Waals surface area contributed by atoms with Crippen LogP contribution < -0.4 is 5.73 Å². The highest BCUT2D eigenvalue weighted by Crippen LogP contribution is 2.29. The fraction of sp³-hybridized carbons (Fsp3) is 0.500. The molecule has 0 saturated carbocycles. The highest BCUT2D eigenvalue weighted by molar-refractivity contribution is 8.00. The van der Waals surface area contributed by atoms with E-state index in [0.717, 1.165) is 13.0 Å². The number of amides is 1. The van der Waals surface area contributed by atoms with Gasteiger partial charge in [-0.2, -0.15) is 0 Å². The molecule has 1 heterocycles. The number of hydrogen-bond donors (Lipinski definition) is 1. The van der Waals surface area contributed by atoms with Gasteiger partial charge in [-0.25, -0.2) is 4.39 Å². The van der Waals surface area contributed by atoms with Crippen molar-refractivity contribution in [1.29, 1.82) is 0 Å². The molecule has 0 bridgehead atoms. The van der Waals surface area contributed by atoms with Crippen molar-refractivity contribution < 1.29 is 14.0 Å². The van der Waals surface area contributed by atoms with E-state index in [1.54, 1.807) is 6.07 Å². The molecule has 120 valence electrons. The minimum Gasteiger partial charge on any atom is -0.341 e. The van der Waals surface area contributed by atoms with Crippen molar-refractivity contribution >= 4 is 23.5 Å². The predicted molar refractivity (Wildman–Crippen MR) is 85.5 cm³/mol. The number of carbonyl (C=O) groups excluding carboxylic acids is 2. The Morgan fingerprint density at radius 3 is 2.73 bits per heavy atom. The standard InChI is InChI=1S/C16H21FN2O2S/c1-11(20)13-4-3-12(7-14(13)17)22-8-15(21)19-6-5-16(2,9-18)10-19/h3-4,7H,5-6,8-10,18H2,1-2H3. The minimum absolute atomic E-state index is 0.00949. The van der Waals surface area contributed by atoms with Crippen molar-refractivity contribution in [2.75, 3.05) is 25.4 Å². The van der Waals surface area contributed by atoms with Gasteiger partial charge in [-0.15, -0.1) is 11.8 Å². The molecule has 0 aromatic heterocycles. The van der Waals surface area contributed by atoms with Gasteiger partial charge in [0.15, 0.2) is 5.78 Å². The van der Waals surface area contributed by atoms with Crippen LogP contribution in [0.15, 0.2) is 23.1 Å². The maximum absolute atomic E-state index is 13.7. The number of hydrogen-bond acceptors (Lipinski definition) is 4. The molecule has 1 aliphatic heterocycles. The van der Waals surface area contributed by atoms with Crippen LogP contribution in [0.3, 0.4) is 0 Å². The lowest BCUT2D eigenvalue weighted by Gasteiger charge is -2.22. The van der Waals surface area contributed by atoms with Gasteiger partial charge in [0.05, 0.1) is 11.3 Å². The molecule has 6 heteroatoms. The monoisotopic (exact) mass is 324 g/mol. The summed E-state index contributed by atoms with van der Waals surface area (Å²) in [6.45, 7) is 5.40. The quantitative estimate of drug-likeness (QED) is 0.667. The fourth-order valence-electron chi connectivity index (χ4n) is 2.51. The number of benzene rings is 1. The summed E-state index contributed by atoms with van der Waals surface area (Å²) in [5, 5.41) is 0. The van der Waals surface area contributed by atoms with Crippen LogP contribution in [-0.4, -0.2) is 42.0 Å². The van der Waals surface area contributed by atoms with Crippen molar-refractivity contribution in [2.24, 2.45) is 11.1 Å². The van der Waals surface area contributed by atoms with Crippen LogP contribution in [0.4, 0.5) is 4.39 Å². The lowest BCUT2D eigenvalue weighted by Crippen LogP contribution is -2.35. The summed E-state index contributed by atoms with van der Waals surface area (Å²) in [7, 11) is 0. The number of carbonyl (C=O) groups is 2. The molecule has 0 aliphatic carbocycles. The second-order valence-corrected chi connectivity index (χ2v) is 7.12. The largest absolute Gasteiger partial charge is 0.341 e. The molecule has 1 aromatic carbocycles. The molecule has 22 heavy (non-hydrogen) atoms. The smallest absolute Gasteiger partial charge is 0.232 e. The van der Waals surface area contributed by atoms with Gasteiger partial charge in [-0.3, -0.25) is 9.59 Å². The molecule has 1 amide bonds. The van der Waals surface area contributed by atoms with E-state index in [9.17, 15) is 14.0 Å². The number of nitrogens with two attached hydrogens (primary N) is 1. The van der Waals surface area contributed by atoms with E-state index < -0.39 is 5.82 Å². The SMILES string of the molecule is CC(=O)c1ccc(SCC(=O)N2CCC(C)(CN)C2)cc1F. The Morgan fingerprint density at radius 1 is 1.45 bits per heavy atom. The van der Waals surface area contributed by atoms with Crippen LogP contribution in [-0.2, 0) is 4.79 Å².